The third kappa shape index (κ3) is 4.82. The Kier molecular flexibility index (Phi) is 6.15. The van der Waals surface area contributed by atoms with E-state index in [0.717, 1.165) is 55.7 Å². The second-order valence-electron chi connectivity index (χ2n) is 11.1. The summed E-state index contributed by atoms with van der Waals surface area (Å²) in [6.07, 6.45) is 7.58. The predicted octanol–water partition coefficient (Wildman–Crippen LogP) is 1.86. The highest BCUT2D eigenvalue weighted by Crippen LogP contribution is 2.40. The Morgan fingerprint density at radius 2 is 1.79 bits per heavy atom. The highest BCUT2D eigenvalue weighted by atomic mass is 16.5. The number of ether oxygens (including phenoxy) is 2. The van der Waals surface area contributed by atoms with Crippen LogP contribution >= 0.6 is 0 Å². The van der Waals surface area contributed by atoms with Gasteiger partial charge in [0.15, 0.2) is 0 Å². The van der Waals surface area contributed by atoms with Gasteiger partial charge < -0.3 is 24.2 Å². The molecule has 12 heteroatoms. The number of hydrogen-bond acceptors (Lipinski definition) is 7. The zero-order chi connectivity index (χ0) is 26.5. The van der Waals surface area contributed by atoms with Crippen LogP contribution in [0, 0.1) is 5.92 Å². The van der Waals surface area contributed by atoms with E-state index < -0.39 is 0 Å². The summed E-state index contributed by atoms with van der Waals surface area (Å²) in [5.74, 6) is 1.33. The van der Waals surface area contributed by atoms with E-state index >= 15 is 0 Å². The maximum Gasteiger partial charge on any atom is 0.333 e. The number of pyridine rings is 1. The predicted molar refractivity (Wildman–Crippen MR) is 138 cm³/mol. The van der Waals surface area contributed by atoms with Crippen LogP contribution in [0.1, 0.15) is 58.8 Å². The number of nitrogens with one attached hydrogen (secondary N) is 2. The minimum Gasteiger partial charge on any atom is -0.477 e. The molecule has 3 saturated heterocycles. The summed E-state index contributed by atoms with van der Waals surface area (Å²) < 4.78 is 13.1. The molecule has 1 saturated carbocycles. The van der Waals surface area contributed by atoms with E-state index in [1.54, 1.807) is 20.4 Å². The Hall–Kier alpha value is -3.64. The summed E-state index contributed by atoms with van der Waals surface area (Å²) in [6.45, 7) is 4.39. The van der Waals surface area contributed by atoms with Crippen LogP contribution in [0.4, 0.5) is 9.59 Å². The van der Waals surface area contributed by atoms with E-state index in [9.17, 15) is 14.4 Å². The zero-order valence-corrected chi connectivity index (χ0v) is 21.8. The fraction of sp³-hybridized carbons (Fsp3) is 0.556. The largest absolute Gasteiger partial charge is 0.477 e. The average molecular weight is 536 g/mol. The fourth-order valence-corrected chi connectivity index (χ4v) is 5.86. The number of hydrogen-bond donors (Lipinski definition) is 2. The van der Waals surface area contributed by atoms with Gasteiger partial charge in [-0.15, -0.1) is 0 Å². The zero-order valence-electron chi connectivity index (χ0n) is 21.8. The Morgan fingerprint density at radius 3 is 2.54 bits per heavy atom. The molecule has 4 aliphatic heterocycles. The minimum absolute atomic E-state index is 0.0510. The molecule has 0 spiro atoms. The van der Waals surface area contributed by atoms with Crippen LogP contribution in [-0.4, -0.2) is 87.8 Å². The maximum atomic E-state index is 13.6. The van der Waals surface area contributed by atoms with Crippen LogP contribution in [-0.2, 0) is 17.8 Å². The molecule has 0 radical (unpaired) electrons. The molecule has 4 amide bonds. The van der Waals surface area contributed by atoms with Gasteiger partial charge in [0.2, 0.25) is 5.88 Å². The third-order valence-electron chi connectivity index (χ3n) is 8.36. The molecule has 206 valence electrons. The number of carbonyl (C=O) groups is 3. The van der Waals surface area contributed by atoms with Gasteiger partial charge in [-0.3, -0.25) is 14.8 Å². The first-order chi connectivity index (χ1) is 19.0. The van der Waals surface area contributed by atoms with E-state index in [2.05, 4.69) is 10.9 Å². The van der Waals surface area contributed by atoms with Crippen molar-refractivity contribution >= 4 is 18.0 Å². The molecule has 2 aromatic heterocycles. The van der Waals surface area contributed by atoms with Gasteiger partial charge in [0.25, 0.3) is 5.91 Å². The first-order valence-corrected chi connectivity index (χ1v) is 13.8. The Labute approximate surface area is 226 Å². The van der Waals surface area contributed by atoms with Crippen molar-refractivity contribution in [1.29, 1.82) is 0 Å². The number of amides is 4. The topological polar surface area (TPSA) is 121 Å². The number of aromatic nitrogens is 2. The summed E-state index contributed by atoms with van der Waals surface area (Å²) >= 11 is 0. The van der Waals surface area contributed by atoms with Gasteiger partial charge in [0.1, 0.15) is 6.17 Å². The summed E-state index contributed by atoms with van der Waals surface area (Å²) in [5, 5.41) is 0. The Balaban J connectivity index is 1.01. The van der Waals surface area contributed by atoms with Crippen LogP contribution in [0.3, 0.4) is 0 Å². The Morgan fingerprint density at radius 1 is 1.03 bits per heavy atom. The van der Waals surface area contributed by atoms with Crippen LogP contribution in [0.15, 0.2) is 24.5 Å². The lowest BCUT2D eigenvalue weighted by Gasteiger charge is -2.35. The molecule has 12 nitrogen and oxygen atoms in total. The molecular weight excluding hydrogens is 502 g/mol. The summed E-state index contributed by atoms with van der Waals surface area (Å²) in [4.78, 5) is 48.5. The number of rotatable bonds is 5. The molecule has 4 fully saturated rings. The van der Waals surface area contributed by atoms with Crippen LogP contribution in [0.5, 0.6) is 5.88 Å². The summed E-state index contributed by atoms with van der Waals surface area (Å²) in [5.41, 5.74) is 9.00. The normalized spacial score (nSPS) is 23.0. The van der Waals surface area contributed by atoms with Crippen LogP contribution < -0.4 is 15.6 Å². The molecule has 2 aromatic rings. The number of fused-ring (bicyclic) bond motifs is 2. The van der Waals surface area contributed by atoms with Crippen molar-refractivity contribution in [3.63, 3.8) is 0 Å². The standard InChI is InChI=1S/C27H33N7O5/c35-25(19-9-22(18-1-2-18)28-24(10-19)39-16-17-3-7-38-8-4-17)32-11-20-13-33(14-21(20)12-32)27(37)31-5-6-34-23(15-31)29-30-26(34)36/h9-10,13-14,17-18,23,29H,1-8,11-12,15-16H2,(H,30,36). The van der Waals surface area contributed by atoms with Crippen molar-refractivity contribution in [1.82, 2.24) is 35.1 Å². The van der Waals surface area contributed by atoms with Crippen molar-refractivity contribution < 1.29 is 23.9 Å². The number of nitrogens with zero attached hydrogens (tertiary/aromatic N) is 5. The van der Waals surface area contributed by atoms with Gasteiger partial charge in [-0.2, -0.15) is 0 Å². The van der Waals surface area contributed by atoms with Crippen molar-refractivity contribution in [2.75, 3.05) is 39.5 Å². The lowest BCUT2D eigenvalue weighted by molar-refractivity contribution is 0.0490. The lowest BCUT2D eigenvalue weighted by atomic mass is 10.0. The SMILES string of the molecule is O=C(c1cc(OCC2CCOCC2)nc(C2CC2)c1)N1Cc2cn(C(=O)N3CCN4C(=O)NNC4C3)cc2C1. The molecule has 1 atom stereocenters. The number of carbonyl (C=O) groups excluding carboxylic acids is 3. The quantitative estimate of drug-likeness (QED) is 0.600. The molecule has 39 heavy (non-hydrogen) atoms. The average Bonchev–Trinajstić information content (AvgIpc) is 3.49. The summed E-state index contributed by atoms with van der Waals surface area (Å²) in [6, 6.07) is 3.41. The number of urea groups is 1. The van der Waals surface area contributed by atoms with Gasteiger partial charge in [0, 0.05) is 75.0 Å². The maximum absolute atomic E-state index is 13.6. The molecule has 2 N–H and O–H groups in total. The van der Waals surface area contributed by atoms with Gasteiger partial charge >= 0.3 is 12.1 Å². The second kappa shape index (κ2) is 9.83. The van der Waals surface area contributed by atoms with Crippen molar-refractivity contribution in [3.8, 4) is 5.88 Å². The highest BCUT2D eigenvalue weighted by Gasteiger charge is 2.38. The molecule has 0 aromatic carbocycles. The molecule has 1 unspecified atom stereocenters. The van der Waals surface area contributed by atoms with Gasteiger partial charge in [-0.25, -0.2) is 20.0 Å². The van der Waals surface area contributed by atoms with Crippen molar-refractivity contribution in [3.05, 3.63) is 46.9 Å². The van der Waals surface area contributed by atoms with Gasteiger partial charge in [0.05, 0.1) is 13.2 Å². The van der Waals surface area contributed by atoms with E-state index in [1.807, 2.05) is 23.4 Å². The number of piperazine rings is 1. The molecule has 5 aliphatic rings. The summed E-state index contributed by atoms with van der Waals surface area (Å²) in [7, 11) is 0. The third-order valence-corrected chi connectivity index (χ3v) is 8.36. The fourth-order valence-electron chi connectivity index (χ4n) is 5.86. The first kappa shape index (κ1) is 24.4. The van der Waals surface area contributed by atoms with Crippen molar-refractivity contribution in [2.24, 2.45) is 5.92 Å². The van der Waals surface area contributed by atoms with Gasteiger partial charge in [-0.05, 0) is 48.8 Å². The smallest absolute Gasteiger partial charge is 0.333 e. The first-order valence-electron chi connectivity index (χ1n) is 13.8. The number of hydrazine groups is 1. The Bertz CT molecular complexity index is 1280. The molecular formula is C27H33N7O5. The highest BCUT2D eigenvalue weighted by molar-refractivity contribution is 5.95. The van der Waals surface area contributed by atoms with E-state index in [0.29, 0.717) is 62.6 Å². The van der Waals surface area contributed by atoms with Crippen LogP contribution in [0.25, 0.3) is 0 Å². The molecule has 1 aliphatic carbocycles. The molecule has 0 bridgehead atoms. The molecule has 7 rings (SSSR count). The molecule has 6 heterocycles. The van der Waals surface area contributed by atoms with Crippen molar-refractivity contribution in [2.45, 2.75) is 50.9 Å². The van der Waals surface area contributed by atoms with E-state index in [1.165, 1.54) is 0 Å². The van der Waals surface area contributed by atoms with E-state index in [4.69, 9.17) is 14.5 Å². The van der Waals surface area contributed by atoms with Crippen LogP contribution in [0.2, 0.25) is 0 Å². The minimum atomic E-state index is -0.225. The monoisotopic (exact) mass is 535 g/mol. The second-order valence-corrected chi connectivity index (χ2v) is 11.1. The van der Waals surface area contributed by atoms with E-state index in [-0.39, 0.29) is 24.1 Å². The van der Waals surface area contributed by atoms with Gasteiger partial charge in [-0.1, -0.05) is 0 Å². The lowest BCUT2D eigenvalue weighted by Crippen LogP contribution is -2.56.